The molecular formula is C24H34N6S. The van der Waals surface area contributed by atoms with E-state index in [4.69, 9.17) is 22.2 Å². The number of hydrogen-bond acceptors (Lipinski definition) is 5. The van der Waals surface area contributed by atoms with Crippen molar-refractivity contribution in [2.75, 3.05) is 47.8 Å². The molecule has 31 heavy (non-hydrogen) atoms. The Morgan fingerprint density at radius 1 is 1.03 bits per heavy atom. The number of piperidine rings is 1. The molecule has 2 N–H and O–H groups in total. The first-order chi connectivity index (χ1) is 15.2. The first kappa shape index (κ1) is 21.8. The number of benzene rings is 1. The van der Waals surface area contributed by atoms with Crippen LogP contribution in [0.25, 0.3) is 0 Å². The number of anilines is 3. The Bertz CT molecular complexity index is 852. The van der Waals surface area contributed by atoms with Crippen molar-refractivity contribution in [3.05, 3.63) is 42.0 Å². The van der Waals surface area contributed by atoms with Crippen molar-refractivity contribution >= 4 is 34.9 Å². The van der Waals surface area contributed by atoms with E-state index < -0.39 is 0 Å². The Morgan fingerprint density at radius 3 is 2.48 bits per heavy atom. The van der Waals surface area contributed by atoms with Crippen LogP contribution in [0.5, 0.6) is 0 Å². The van der Waals surface area contributed by atoms with Crippen molar-refractivity contribution < 1.29 is 0 Å². The summed E-state index contributed by atoms with van der Waals surface area (Å²) in [4.78, 5) is 14.4. The summed E-state index contributed by atoms with van der Waals surface area (Å²) in [5.41, 5.74) is 1.35. The van der Waals surface area contributed by atoms with Gasteiger partial charge in [0.05, 0.1) is 0 Å². The standard InChI is InChI=1S/C24H34N6S/c1-19-9-8-16-30(18-19)22-17-21(29-14-5-6-15-29)26-23(27-22)28-24(31)25-13-7-12-20-10-3-2-4-11-20/h2-4,10-11,17,19H,5-9,12-16,18H2,1H3,(H2,25,26,27,28,31)/t19-/m0/s1. The number of aryl methyl sites for hydroxylation is 1. The maximum absolute atomic E-state index is 5.53. The zero-order valence-electron chi connectivity index (χ0n) is 18.5. The van der Waals surface area contributed by atoms with E-state index in [1.165, 1.54) is 31.2 Å². The summed E-state index contributed by atoms with van der Waals surface area (Å²) in [6, 6.07) is 12.7. The second-order valence-electron chi connectivity index (χ2n) is 8.77. The van der Waals surface area contributed by atoms with Crippen LogP contribution in [-0.4, -0.2) is 47.8 Å². The molecule has 2 aromatic rings. The molecule has 7 heteroatoms. The van der Waals surface area contributed by atoms with Gasteiger partial charge in [-0.05, 0) is 62.2 Å². The second-order valence-corrected chi connectivity index (χ2v) is 9.17. The first-order valence-electron chi connectivity index (χ1n) is 11.6. The minimum atomic E-state index is 0.588. The van der Waals surface area contributed by atoms with Crippen LogP contribution >= 0.6 is 12.2 Å². The molecule has 2 fully saturated rings. The second kappa shape index (κ2) is 10.8. The topological polar surface area (TPSA) is 56.3 Å². The van der Waals surface area contributed by atoms with Crippen LogP contribution < -0.4 is 20.4 Å². The van der Waals surface area contributed by atoms with Crippen LogP contribution in [0.3, 0.4) is 0 Å². The fraction of sp³-hybridized carbons (Fsp3) is 0.542. The highest BCUT2D eigenvalue weighted by Crippen LogP contribution is 2.27. The van der Waals surface area contributed by atoms with Gasteiger partial charge in [0.25, 0.3) is 0 Å². The average molecular weight is 439 g/mol. The molecule has 166 valence electrons. The predicted molar refractivity (Wildman–Crippen MR) is 133 cm³/mol. The lowest BCUT2D eigenvalue weighted by Gasteiger charge is -2.32. The van der Waals surface area contributed by atoms with E-state index in [1.54, 1.807) is 0 Å². The van der Waals surface area contributed by atoms with Crippen molar-refractivity contribution in [3.63, 3.8) is 0 Å². The van der Waals surface area contributed by atoms with Gasteiger partial charge < -0.3 is 20.4 Å². The SMILES string of the molecule is C[C@H]1CCCN(c2cc(N3CCCC3)nc(NC(=S)NCCCc3ccccc3)n2)C1. The largest absolute Gasteiger partial charge is 0.362 e. The summed E-state index contributed by atoms with van der Waals surface area (Å²) < 4.78 is 0. The molecule has 4 rings (SSSR count). The molecule has 1 aromatic heterocycles. The summed E-state index contributed by atoms with van der Waals surface area (Å²) in [5, 5.41) is 7.14. The van der Waals surface area contributed by atoms with Crippen molar-refractivity contribution in [1.29, 1.82) is 0 Å². The molecule has 1 atom stereocenters. The number of thiocarbonyl (C=S) groups is 1. The van der Waals surface area contributed by atoms with Crippen LogP contribution in [0.15, 0.2) is 36.4 Å². The molecule has 0 unspecified atom stereocenters. The third kappa shape index (κ3) is 6.29. The van der Waals surface area contributed by atoms with Gasteiger partial charge in [0.15, 0.2) is 5.11 Å². The summed E-state index contributed by atoms with van der Waals surface area (Å²) in [6.07, 6.45) is 7.03. The molecule has 2 aliphatic rings. The summed E-state index contributed by atoms with van der Waals surface area (Å²) >= 11 is 5.53. The Labute approximate surface area is 191 Å². The van der Waals surface area contributed by atoms with Gasteiger partial charge in [-0.3, -0.25) is 0 Å². The monoisotopic (exact) mass is 438 g/mol. The van der Waals surface area contributed by atoms with Crippen LogP contribution in [0.4, 0.5) is 17.6 Å². The van der Waals surface area contributed by atoms with Crippen LogP contribution in [0.2, 0.25) is 0 Å². The number of nitrogens with zero attached hydrogens (tertiary/aromatic N) is 4. The minimum Gasteiger partial charge on any atom is -0.362 e. The van der Waals surface area contributed by atoms with Gasteiger partial charge >= 0.3 is 0 Å². The van der Waals surface area contributed by atoms with Crippen molar-refractivity contribution in [2.24, 2.45) is 5.92 Å². The maximum atomic E-state index is 5.53. The van der Waals surface area contributed by atoms with Crippen molar-refractivity contribution in [2.45, 2.75) is 45.4 Å². The van der Waals surface area contributed by atoms with E-state index in [1.807, 2.05) is 0 Å². The van der Waals surface area contributed by atoms with Gasteiger partial charge in [0.1, 0.15) is 11.6 Å². The molecule has 0 spiro atoms. The zero-order chi connectivity index (χ0) is 21.5. The molecule has 0 radical (unpaired) electrons. The molecule has 2 saturated heterocycles. The van der Waals surface area contributed by atoms with E-state index in [2.05, 4.69) is 63.8 Å². The van der Waals surface area contributed by atoms with Crippen LogP contribution in [0.1, 0.15) is 44.6 Å². The molecule has 2 aliphatic heterocycles. The lowest BCUT2D eigenvalue weighted by molar-refractivity contribution is 0.444. The fourth-order valence-corrected chi connectivity index (χ4v) is 4.62. The lowest BCUT2D eigenvalue weighted by atomic mass is 10.0. The van der Waals surface area contributed by atoms with Crippen molar-refractivity contribution in [1.82, 2.24) is 15.3 Å². The summed E-state index contributed by atoms with van der Waals surface area (Å²) in [5.74, 6) is 3.31. The number of rotatable bonds is 7. The predicted octanol–water partition coefficient (Wildman–Crippen LogP) is 4.23. The van der Waals surface area contributed by atoms with Gasteiger partial charge in [-0.25, -0.2) is 0 Å². The Balaban J connectivity index is 1.38. The molecule has 1 aromatic carbocycles. The Hall–Kier alpha value is -2.41. The molecular weight excluding hydrogens is 404 g/mol. The Morgan fingerprint density at radius 2 is 1.74 bits per heavy atom. The van der Waals surface area contributed by atoms with Gasteiger partial charge in [-0.15, -0.1) is 0 Å². The van der Waals surface area contributed by atoms with Gasteiger partial charge in [-0.2, -0.15) is 9.97 Å². The van der Waals surface area contributed by atoms with Gasteiger partial charge in [-0.1, -0.05) is 37.3 Å². The maximum Gasteiger partial charge on any atom is 0.232 e. The normalized spacial score (nSPS) is 18.8. The molecule has 0 aliphatic carbocycles. The van der Waals surface area contributed by atoms with Gasteiger partial charge in [0.2, 0.25) is 5.95 Å². The third-order valence-electron chi connectivity index (χ3n) is 6.11. The van der Waals surface area contributed by atoms with E-state index in [0.29, 0.717) is 17.0 Å². The smallest absolute Gasteiger partial charge is 0.232 e. The zero-order valence-corrected chi connectivity index (χ0v) is 19.3. The quantitative estimate of drug-likeness (QED) is 0.495. The molecule has 3 heterocycles. The van der Waals surface area contributed by atoms with E-state index in [9.17, 15) is 0 Å². The van der Waals surface area contributed by atoms with E-state index >= 15 is 0 Å². The Kier molecular flexibility index (Phi) is 7.57. The van der Waals surface area contributed by atoms with Crippen LogP contribution in [0, 0.1) is 5.92 Å². The number of nitrogens with one attached hydrogen (secondary N) is 2. The summed E-state index contributed by atoms with van der Waals surface area (Å²) in [6.45, 7) is 7.38. The molecule has 0 saturated carbocycles. The van der Waals surface area contributed by atoms with Crippen LogP contribution in [-0.2, 0) is 6.42 Å². The van der Waals surface area contributed by atoms with Gasteiger partial charge in [0, 0.05) is 38.8 Å². The van der Waals surface area contributed by atoms with Crippen molar-refractivity contribution in [3.8, 4) is 0 Å². The number of aromatic nitrogens is 2. The first-order valence-corrected chi connectivity index (χ1v) is 12.1. The highest BCUT2D eigenvalue weighted by molar-refractivity contribution is 7.80. The summed E-state index contributed by atoms with van der Waals surface area (Å²) in [7, 11) is 0. The van der Waals surface area contributed by atoms with E-state index in [-0.39, 0.29) is 0 Å². The molecule has 0 amide bonds. The molecule has 0 bridgehead atoms. The lowest BCUT2D eigenvalue weighted by Crippen LogP contribution is -2.36. The highest BCUT2D eigenvalue weighted by Gasteiger charge is 2.22. The van der Waals surface area contributed by atoms with E-state index in [0.717, 1.165) is 57.2 Å². The fourth-order valence-electron chi connectivity index (χ4n) is 4.43. The average Bonchev–Trinajstić information content (AvgIpc) is 3.32. The minimum absolute atomic E-state index is 0.588. The molecule has 6 nitrogen and oxygen atoms in total. The highest BCUT2D eigenvalue weighted by atomic mass is 32.1. The number of hydrogen-bond donors (Lipinski definition) is 2. The third-order valence-corrected chi connectivity index (χ3v) is 6.35.